The summed E-state index contributed by atoms with van der Waals surface area (Å²) in [6.45, 7) is 0. The van der Waals surface area contributed by atoms with Gasteiger partial charge in [0.1, 0.15) is 0 Å². The summed E-state index contributed by atoms with van der Waals surface area (Å²) in [5.74, 6) is 1.95. The summed E-state index contributed by atoms with van der Waals surface area (Å²) in [6, 6.07) is 62.9. The lowest BCUT2D eigenvalue weighted by molar-refractivity contribution is 0.708. The van der Waals surface area contributed by atoms with E-state index in [2.05, 4.69) is 140 Å². The molecule has 0 saturated heterocycles. The van der Waals surface area contributed by atoms with Gasteiger partial charge in [0.05, 0.1) is 5.41 Å². The highest BCUT2D eigenvalue weighted by Gasteiger charge is 2.48. The molecule has 0 fully saturated rings. The number of benzene rings is 7. The van der Waals surface area contributed by atoms with E-state index in [1.165, 1.54) is 54.3 Å². The number of aromatic nitrogens is 3. The highest BCUT2D eigenvalue weighted by atomic mass is 32.2. The van der Waals surface area contributed by atoms with Crippen LogP contribution in [0.3, 0.4) is 0 Å². The van der Waals surface area contributed by atoms with Crippen LogP contribution in [0.4, 0.5) is 0 Å². The van der Waals surface area contributed by atoms with E-state index in [-0.39, 0.29) is 0 Å². The third-order valence-corrected chi connectivity index (χ3v) is 11.2. The van der Waals surface area contributed by atoms with Crippen molar-refractivity contribution in [2.24, 2.45) is 0 Å². The molecular weight excluding hydrogens is 627 g/mol. The molecular formula is C46H29N3S. The molecule has 2 aliphatic rings. The molecule has 0 radical (unpaired) electrons. The normalized spacial score (nSPS) is 13.3. The second-order valence-corrected chi connectivity index (χ2v) is 13.8. The van der Waals surface area contributed by atoms with Crippen molar-refractivity contribution >= 4 is 11.8 Å². The maximum Gasteiger partial charge on any atom is 0.164 e. The molecule has 0 amide bonds. The number of hydrogen-bond donors (Lipinski definition) is 0. The zero-order chi connectivity index (χ0) is 33.1. The fourth-order valence-corrected chi connectivity index (χ4v) is 9.08. The van der Waals surface area contributed by atoms with Crippen molar-refractivity contribution in [1.29, 1.82) is 0 Å². The first-order chi connectivity index (χ1) is 24.8. The van der Waals surface area contributed by atoms with Crippen LogP contribution in [-0.2, 0) is 5.41 Å². The minimum absolute atomic E-state index is 0.550. The second-order valence-electron chi connectivity index (χ2n) is 12.7. The predicted octanol–water partition coefficient (Wildman–Crippen LogP) is 11.4. The van der Waals surface area contributed by atoms with E-state index in [1.807, 2.05) is 48.2 Å². The molecule has 7 aromatic carbocycles. The fourth-order valence-electron chi connectivity index (χ4n) is 7.89. The van der Waals surface area contributed by atoms with E-state index >= 15 is 0 Å². The number of hydrogen-bond acceptors (Lipinski definition) is 4. The van der Waals surface area contributed by atoms with Gasteiger partial charge in [-0.15, -0.1) is 0 Å². The standard InChI is InChI=1S/C46H29N3S/c1-3-15-30(16-4-1)43-47-44(31-17-5-2-6-18-31)49-45(48-43)32-27-28-38-36(29-32)34-20-8-7-19-33(34)35-21-9-10-22-37(35)46(38)39-23-11-13-25-41(39)50-42-26-14-12-24-40(42)46/h1-29H. The molecule has 50 heavy (non-hydrogen) atoms. The number of fused-ring (bicyclic) bond motifs is 11. The lowest BCUT2D eigenvalue weighted by Gasteiger charge is -2.42. The largest absolute Gasteiger partial charge is 0.208 e. The molecule has 1 aliphatic heterocycles. The molecule has 2 heterocycles. The Morgan fingerprint density at radius 1 is 0.320 bits per heavy atom. The van der Waals surface area contributed by atoms with E-state index in [0.717, 1.165) is 16.7 Å². The first kappa shape index (κ1) is 28.9. The Balaban J connectivity index is 1.30. The molecule has 4 heteroatoms. The van der Waals surface area contributed by atoms with Crippen LogP contribution in [0, 0.1) is 0 Å². The van der Waals surface area contributed by atoms with Gasteiger partial charge in [0, 0.05) is 26.5 Å². The molecule has 0 unspecified atom stereocenters. The van der Waals surface area contributed by atoms with Crippen LogP contribution in [-0.4, -0.2) is 15.0 Å². The minimum atomic E-state index is -0.550. The SMILES string of the molecule is c1ccc(-c2nc(-c3ccccc3)nc(-c3ccc4c(c3)-c3ccccc3-c3ccccc3C43c4ccccc4Sc4ccccc43)n2)cc1. The first-order valence-corrected chi connectivity index (χ1v) is 17.7. The molecule has 0 saturated carbocycles. The van der Waals surface area contributed by atoms with Gasteiger partial charge < -0.3 is 0 Å². The van der Waals surface area contributed by atoms with Crippen molar-refractivity contribution in [1.82, 2.24) is 15.0 Å². The third-order valence-electron chi connectivity index (χ3n) is 10.0. The summed E-state index contributed by atoms with van der Waals surface area (Å²) in [7, 11) is 0. The molecule has 234 valence electrons. The molecule has 8 aromatic rings. The third kappa shape index (κ3) is 4.35. The van der Waals surface area contributed by atoms with Crippen molar-refractivity contribution in [3.05, 3.63) is 198 Å². The Hall–Kier alpha value is -6.10. The Bertz CT molecular complexity index is 2480. The summed E-state index contributed by atoms with van der Waals surface area (Å²) in [5, 5.41) is 0. The Labute approximate surface area is 295 Å². The predicted molar refractivity (Wildman–Crippen MR) is 203 cm³/mol. The highest BCUT2D eigenvalue weighted by Crippen LogP contribution is 2.61. The molecule has 3 nitrogen and oxygen atoms in total. The highest BCUT2D eigenvalue weighted by molar-refractivity contribution is 7.99. The van der Waals surface area contributed by atoms with Crippen LogP contribution in [0.15, 0.2) is 186 Å². The second kappa shape index (κ2) is 11.5. The van der Waals surface area contributed by atoms with E-state index in [9.17, 15) is 0 Å². The van der Waals surface area contributed by atoms with Gasteiger partial charge in [-0.3, -0.25) is 0 Å². The van der Waals surface area contributed by atoms with Crippen LogP contribution >= 0.6 is 11.8 Å². The van der Waals surface area contributed by atoms with Gasteiger partial charge in [-0.25, -0.2) is 15.0 Å². The van der Waals surface area contributed by atoms with Crippen LogP contribution in [0.2, 0.25) is 0 Å². The average Bonchev–Trinajstić information content (AvgIpc) is 3.30. The van der Waals surface area contributed by atoms with Crippen molar-refractivity contribution in [2.45, 2.75) is 15.2 Å². The Kier molecular flexibility index (Phi) is 6.64. The van der Waals surface area contributed by atoms with E-state index in [0.29, 0.717) is 17.5 Å². The fraction of sp³-hybridized carbons (Fsp3) is 0.0217. The van der Waals surface area contributed by atoms with E-state index < -0.39 is 5.41 Å². The quantitative estimate of drug-likeness (QED) is 0.190. The van der Waals surface area contributed by atoms with Gasteiger partial charge in [0.15, 0.2) is 17.5 Å². The van der Waals surface area contributed by atoms with Crippen LogP contribution in [0.1, 0.15) is 22.3 Å². The summed E-state index contributed by atoms with van der Waals surface area (Å²) >= 11 is 1.86. The maximum atomic E-state index is 5.12. The molecule has 0 bridgehead atoms. The van der Waals surface area contributed by atoms with E-state index in [1.54, 1.807) is 0 Å². The van der Waals surface area contributed by atoms with Crippen LogP contribution in [0.5, 0.6) is 0 Å². The number of nitrogens with zero attached hydrogens (tertiary/aromatic N) is 3. The van der Waals surface area contributed by atoms with E-state index in [4.69, 9.17) is 15.0 Å². The average molecular weight is 656 g/mol. The Morgan fingerprint density at radius 2 is 0.740 bits per heavy atom. The topological polar surface area (TPSA) is 38.7 Å². The lowest BCUT2D eigenvalue weighted by atomic mass is 9.63. The Morgan fingerprint density at radius 3 is 1.32 bits per heavy atom. The van der Waals surface area contributed by atoms with Gasteiger partial charge in [0.25, 0.3) is 0 Å². The smallest absolute Gasteiger partial charge is 0.164 e. The summed E-state index contributed by atoms with van der Waals surface area (Å²) < 4.78 is 0. The van der Waals surface area contributed by atoms with Crippen LogP contribution in [0.25, 0.3) is 56.4 Å². The van der Waals surface area contributed by atoms with Crippen LogP contribution < -0.4 is 0 Å². The van der Waals surface area contributed by atoms with Crippen molar-refractivity contribution in [3.63, 3.8) is 0 Å². The molecule has 1 aromatic heterocycles. The molecule has 1 spiro atoms. The summed E-state index contributed by atoms with van der Waals surface area (Å²) in [4.78, 5) is 17.7. The zero-order valence-electron chi connectivity index (χ0n) is 27.0. The van der Waals surface area contributed by atoms with Gasteiger partial charge >= 0.3 is 0 Å². The van der Waals surface area contributed by atoms with Gasteiger partial charge in [0.2, 0.25) is 0 Å². The zero-order valence-corrected chi connectivity index (χ0v) is 27.8. The summed E-state index contributed by atoms with van der Waals surface area (Å²) in [5.41, 5.74) is 12.3. The van der Waals surface area contributed by atoms with Gasteiger partial charge in [-0.05, 0) is 62.7 Å². The molecule has 0 N–H and O–H groups in total. The van der Waals surface area contributed by atoms with Crippen molar-refractivity contribution in [2.75, 3.05) is 0 Å². The maximum absolute atomic E-state index is 5.12. The van der Waals surface area contributed by atoms with Gasteiger partial charge in [-0.1, -0.05) is 169 Å². The molecule has 0 atom stereocenters. The monoisotopic (exact) mass is 655 g/mol. The number of rotatable bonds is 3. The molecule has 10 rings (SSSR count). The first-order valence-electron chi connectivity index (χ1n) is 16.9. The van der Waals surface area contributed by atoms with Gasteiger partial charge in [-0.2, -0.15) is 0 Å². The molecule has 1 aliphatic carbocycles. The minimum Gasteiger partial charge on any atom is -0.208 e. The van der Waals surface area contributed by atoms with Crippen molar-refractivity contribution in [3.8, 4) is 56.4 Å². The van der Waals surface area contributed by atoms with Crippen molar-refractivity contribution < 1.29 is 0 Å². The summed E-state index contributed by atoms with van der Waals surface area (Å²) in [6.07, 6.45) is 0. The lowest BCUT2D eigenvalue weighted by Crippen LogP contribution is -2.34.